The van der Waals surface area contributed by atoms with E-state index in [9.17, 15) is 23.1 Å². The lowest BCUT2D eigenvalue weighted by atomic mass is 9.62. The zero-order chi connectivity index (χ0) is 13.6. The molecule has 0 radical (unpaired) electrons. The van der Waals surface area contributed by atoms with Crippen LogP contribution < -0.4 is 0 Å². The Hall–Kier alpha value is -0.660. The standard InChI is InChI=1S/C11H16F3NO3/c1-18-7-10(6-16)8(17)9(11(12,13)14)2-4-15(10)5-3-9/h16H,2-7H2,1H3. The summed E-state index contributed by atoms with van der Waals surface area (Å²) in [5.41, 5.74) is -3.83. The molecular formula is C11H16F3NO3. The minimum absolute atomic E-state index is 0.162. The minimum atomic E-state index is -4.56. The van der Waals surface area contributed by atoms with Gasteiger partial charge in [-0.1, -0.05) is 0 Å². The molecule has 0 amide bonds. The highest BCUT2D eigenvalue weighted by atomic mass is 19.4. The SMILES string of the molecule is COCC1(CO)C(=O)C2(C(F)(F)F)CCN1CC2. The molecule has 4 nitrogen and oxygen atoms in total. The van der Waals surface area contributed by atoms with Crippen LogP contribution in [0.4, 0.5) is 13.2 Å². The third-order valence-electron chi connectivity index (χ3n) is 4.27. The van der Waals surface area contributed by atoms with Crippen molar-refractivity contribution in [2.75, 3.05) is 33.4 Å². The number of aliphatic hydroxyl groups excluding tert-OH is 1. The van der Waals surface area contributed by atoms with Gasteiger partial charge in [-0.15, -0.1) is 0 Å². The van der Waals surface area contributed by atoms with E-state index in [1.165, 1.54) is 7.11 Å². The molecule has 0 aromatic rings. The van der Waals surface area contributed by atoms with Crippen molar-refractivity contribution in [1.29, 1.82) is 0 Å². The van der Waals surface area contributed by atoms with Crippen molar-refractivity contribution < 1.29 is 27.8 Å². The number of ketones is 1. The molecule has 3 rings (SSSR count). The number of hydrogen-bond donors (Lipinski definition) is 1. The molecule has 3 fully saturated rings. The molecule has 0 aromatic carbocycles. The molecule has 3 aliphatic rings. The lowest BCUT2D eigenvalue weighted by molar-refractivity contribution is -0.258. The Bertz CT molecular complexity index is 350. The summed E-state index contributed by atoms with van der Waals surface area (Å²) < 4.78 is 44.6. The molecule has 3 aliphatic heterocycles. The summed E-state index contributed by atoms with van der Waals surface area (Å²) in [5, 5.41) is 9.44. The molecular weight excluding hydrogens is 251 g/mol. The predicted octanol–water partition coefficient (Wildman–Crippen LogP) is 0.591. The Morgan fingerprint density at radius 1 is 1.39 bits per heavy atom. The lowest BCUT2D eigenvalue weighted by Gasteiger charge is -2.57. The van der Waals surface area contributed by atoms with Crippen LogP contribution in [0.3, 0.4) is 0 Å². The van der Waals surface area contributed by atoms with Crippen molar-refractivity contribution in [3.05, 3.63) is 0 Å². The zero-order valence-corrected chi connectivity index (χ0v) is 10.1. The van der Waals surface area contributed by atoms with Crippen LogP contribution in [-0.2, 0) is 9.53 Å². The van der Waals surface area contributed by atoms with Gasteiger partial charge < -0.3 is 9.84 Å². The summed E-state index contributed by atoms with van der Waals surface area (Å²) in [6.45, 7) is -0.526. The van der Waals surface area contributed by atoms with Crippen LogP contribution in [0.5, 0.6) is 0 Å². The van der Waals surface area contributed by atoms with Crippen LogP contribution in [0.15, 0.2) is 0 Å². The van der Waals surface area contributed by atoms with Gasteiger partial charge in [0.05, 0.1) is 13.2 Å². The van der Waals surface area contributed by atoms with Gasteiger partial charge in [0.25, 0.3) is 0 Å². The minimum Gasteiger partial charge on any atom is -0.394 e. The number of fused-ring (bicyclic) bond motifs is 3. The molecule has 7 heteroatoms. The lowest BCUT2D eigenvalue weighted by Crippen LogP contribution is -2.75. The van der Waals surface area contributed by atoms with Crippen LogP contribution in [0.2, 0.25) is 0 Å². The topological polar surface area (TPSA) is 49.8 Å². The van der Waals surface area contributed by atoms with Crippen molar-refractivity contribution in [3.8, 4) is 0 Å². The van der Waals surface area contributed by atoms with Crippen LogP contribution in [0.1, 0.15) is 12.8 Å². The molecule has 0 spiro atoms. The van der Waals surface area contributed by atoms with E-state index in [0.29, 0.717) is 0 Å². The molecule has 104 valence electrons. The average molecular weight is 267 g/mol. The van der Waals surface area contributed by atoms with E-state index in [1.807, 2.05) is 0 Å². The largest absolute Gasteiger partial charge is 0.401 e. The fourth-order valence-corrected chi connectivity index (χ4v) is 3.16. The van der Waals surface area contributed by atoms with E-state index in [-0.39, 0.29) is 32.5 Å². The third kappa shape index (κ3) is 1.53. The van der Waals surface area contributed by atoms with Gasteiger partial charge in [0, 0.05) is 20.2 Å². The Kier molecular flexibility index (Phi) is 3.19. The van der Waals surface area contributed by atoms with Crippen LogP contribution >= 0.6 is 0 Å². The number of carbonyl (C=O) groups excluding carboxylic acids is 1. The Morgan fingerprint density at radius 2 is 1.94 bits per heavy atom. The molecule has 0 aliphatic carbocycles. The number of methoxy groups -OCH3 is 1. The predicted molar refractivity (Wildman–Crippen MR) is 56.0 cm³/mol. The number of Topliss-reactive ketones (excluding diaryl/α,β-unsaturated/α-hetero) is 1. The number of halogens is 3. The molecule has 2 bridgehead atoms. The highest BCUT2D eigenvalue weighted by Crippen LogP contribution is 2.54. The van der Waals surface area contributed by atoms with Gasteiger partial charge in [0.1, 0.15) is 11.0 Å². The number of nitrogens with zero attached hydrogens (tertiary/aromatic N) is 1. The smallest absolute Gasteiger partial charge is 0.394 e. The normalized spacial score (nSPS) is 40.3. The number of aliphatic hydroxyl groups is 1. The monoisotopic (exact) mass is 267 g/mol. The highest BCUT2D eigenvalue weighted by Gasteiger charge is 2.70. The first kappa shape index (κ1) is 13.8. The Balaban J connectivity index is 2.45. The fraction of sp³-hybridized carbons (Fsp3) is 0.909. The molecule has 18 heavy (non-hydrogen) atoms. The van der Waals surface area contributed by atoms with Crippen LogP contribution in [-0.4, -0.2) is 60.9 Å². The number of piperidine rings is 3. The van der Waals surface area contributed by atoms with Crippen molar-refractivity contribution >= 4 is 5.78 Å². The van der Waals surface area contributed by atoms with Crippen molar-refractivity contribution in [1.82, 2.24) is 4.90 Å². The number of hydrogen-bond acceptors (Lipinski definition) is 4. The maximum Gasteiger partial charge on any atom is 0.401 e. The van der Waals surface area contributed by atoms with Crippen molar-refractivity contribution in [2.24, 2.45) is 5.41 Å². The number of ether oxygens (including phenoxy) is 1. The Morgan fingerprint density at radius 3 is 2.33 bits per heavy atom. The van der Waals surface area contributed by atoms with Crippen molar-refractivity contribution in [3.63, 3.8) is 0 Å². The van der Waals surface area contributed by atoms with Gasteiger partial charge in [-0.2, -0.15) is 13.2 Å². The van der Waals surface area contributed by atoms with Gasteiger partial charge in [-0.05, 0) is 12.8 Å². The summed E-state index contributed by atoms with van der Waals surface area (Å²) in [6, 6.07) is 0. The van der Waals surface area contributed by atoms with Gasteiger partial charge in [-0.3, -0.25) is 9.69 Å². The first-order valence-corrected chi connectivity index (χ1v) is 5.80. The second-order valence-corrected chi connectivity index (χ2v) is 5.02. The first-order chi connectivity index (χ1) is 8.34. The maximum absolute atomic E-state index is 13.2. The van der Waals surface area contributed by atoms with E-state index in [2.05, 4.69) is 0 Å². The van der Waals surface area contributed by atoms with E-state index in [0.717, 1.165) is 0 Å². The average Bonchev–Trinajstić information content (AvgIpc) is 2.33. The van der Waals surface area contributed by atoms with Crippen LogP contribution in [0.25, 0.3) is 0 Å². The Labute approximate surface area is 103 Å². The highest BCUT2D eigenvalue weighted by molar-refractivity contribution is 5.96. The zero-order valence-electron chi connectivity index (χ0n) is 10.1. The van der Waals surface area contributed by atoms with E-state index in [4.69, 9.17) is 4.74 Å². The van der Waals surface area contributed by atoms with Gasteiger partial charge in [0.15, 0.2) is 5.78 Å². The molecule has 0 saturated carbocycles. The maximum atomic E-state index is 13.2. The fourth-order valence-electron chi connectivity index (χ4n) is 3.16. The summed E-state index contributed by atoms with van der Waals surface area (Å²) in [7, 11) is 1.31. The second-order valence-electron chi connectivity index (χ2n) is 5.02. The van der Waals surface area contributed by atoms with Gasteiger partial charge >= 0.3 is 6.18 Å². The second kappa shape index (κ2) is 4.18. The molecule has 3 heterocycles. The number of rotatable bonds is 3. The summed E-state index contributed by atoms with van der Waals surface area (Å²) in [4.78, 5) is 13.9. The summed E-state index contributed by atoms with van der Waals surface area (Å²) in [6.07, 6.45) is -5.01. The molecule has 1 unspecified atom stereocenters. The summed E-state index contributed by atoms with van der Waals surface area (Å²) in [5.74, 6) is -0.940. The van der Waals surface area contributed by atoms with Crippen LogP contribution in [0, 0.1) is 5.41 Å². The summed E-state index contributed by atoms with van der Waals surface area (Å²) >= 11 is 0. The molecule has 1 atom stereocenters. The molecule has 3 saturated heterocycles. The molecule has 0 aromatic heterocycles. The first-order valence-electron chi connectivity index (χ1n) is 5.80. The van der Waals surface area contributed by atoms with E-state index < -0.39 is 29.5 Å². The third-order valence-corrected chi connectivity index (χ3v) is 4.27. The van der Waals surface area contributed by atoms with E-state index in [1.54, 1.807) is 4.90 Å². The quantitative estimate of drug-likeness (QED) is 0.813. The van der Waals surface area contributed by atoms with Crippen molar-refractivity contribution in [2.45, 2.75) is 24.6 Å². The molecule has 1 N–H and O–H groups in total. The number of alkyl halides is 3. The van der Waals surface area contributed by atoms with E-state index >= 15 is 0 Å². The van der Waals surface area contributed by atoms with Gasteiger partial charge in [-0.25, -0.2) is 0 Å². The number of carbonyl (C=O) groups is 1. The van der Waals surface area contributed by atoms with Gasteiger partial charge in [0.2, 0.25) is 0 Å².